The van der Waals surface area contributed by atoms with Gasteiger partial charge in [-0.3, -0.25) is 0 Å². The van der Waals surface area contributed by atoms with E-state index in [0.717, 1.165) is 0 Å². The molecule has 0 spiro atoms. The van der Waals surface area contributed by atoms with Crippen LogP contribution in [0.3, 0.4) is 0 Å². The average Bonchev–Trinajstić information content (AvgIpc) is 2.38. The van der Waals surface area contributed by atoms with Crippen molar-refractivity contribution in [2.75, 3.05) is 12.8 Å². The highest BCUT2D eigenvalue weighted by atomic mass is 32.2. The summed E-state index contributed by atoms with van der Waals surface area (Å²) in [7, 11) is -5.36. The Kier molecular flexibility index (Phi) is 8.46. The Morgan fingerprint density at radius 1 is 0.760 bits per heavy atom. The highest BCUT2D eigenvalue weighted by Gasteiger charge is 2.50. The van der Waals surface area contributed by atoms with Crippen LogP contribution in [0.2, 0.25) is 58.9 Å². The van der Waals surface area contributed by atoms with E-state index in [4.69, 9.17) is 23.7 Å². The van der Waals surface area contributed by atoms with Crippen LogP contribution in [0.5, 0.6) is 0 Å². The van der Waals surface area contributed by atoms with E-state index in [1.807, 2.05) is 0 Å². The summed E-state index contributed by atoms with van der Waals surface area (Å²) in [5, 5.41) is 0. The lowest BCUT2D eigenvalue weighted by atomic mass is 10.00. The van der Waals surface area contributed by atoms with E-state index in [1.54, 1.807) is 11.8 Å². The van der Waals surface area contributed by atoms with Crippen LogP contribution in [0.25, 0.3) is 0 Å². The molecule has 150 valence electrons. The monoisotopic (exact) mass is 425 g/mol. The summed E-state index contributed by atoms with van der Waals surface area (Å²) in [5.74, 6) is 0. The molecule has 1 aliphatic heterocycles. The third-order valence-electron chi connectivity index (χ3n) is 3.52. The average molecular weight is 426 g/mol. The van der Waals surface area contributed by atoms with Crippen molar-refractivity contribution in [2.45, 2.75) is 88.8 Å². The number of ether oxygens (including phenoxy) is 1. The summed E-state index contributed by atoms with van der Waals surface area (Å²) in [6, 6.07) is 0. The van der Waals surface area contributed by atoms with Crippen LogP contribution in [0, 0.1) is 0 Å². The molecule has 9 heteroatoms. The molecule has 1 saturated heterocycles. The maximum atomic E-state index is 6.64. The Labute approximate surface area is 162 Å². The summed E-state index contributed by atoms with van der Waals surface area (Å²) in [4.78, 5) is 0. The van der Waals surface area contributed by atoms with Gasteiger partial charge in [0.25, 0.3) is 0 Å². The minimum Gasteiger partial charge on any atom is -0.409 e. The molecule has 0 radical (unpaired) electrons. The van der Waals surface area contributed by atoms with Crippen LogP contribution in [0.4, 0.5) is 0 Å². The third-order valence-corrected chi connectivity index (χ3v) is 7.31. The lowest BCUT2D eigenvalue weighted by molar-refractivity contribution is -0.178. The first kappa shape index (κ1) is 23.8. The zero-order chi connectivity index (χ0) is 19.6. The predicted molar refractivity (Wildman–Crippen MR) is 116 cm³/mol. The maximum Gasteiger partial charge on any atom is 0.184 e. The Morgan fingerprint density at radius 2 is 1.16 bits per heavy atom. The van der Waals surface area contributed by atoms with E-state index < -0.39 is 25.0 Å². The van der Waals surface area contributed by atoms with E-state index in [2.05, 4.69) is 65.2 Å². The van der Waals surface area contributed by atoms with Gasteiger partial charge in [-0.05, 0) is 65.2 Å². The van der Waals surface area contributed by atoms with Gasteiger partial charge in [0, 0.05) is 6.54 Å². The van der Waals surface area contributed by atoms with Gasteiger partial charge in [0.2, 0.25) is 0 Å². The fourth-order valence-electron chi connectivity index (χ4n) is 2.88. The summed E-state index contributed by atoms with van der Waals surface area (Å²) in [6.45, 7) is 20.3. The second-order valence-corrected chi connectivity index (χ2v) is 23.9. The van der Waals surface area contributed by atoms with Crippen LogP contribution in [-0.4, -0.2) is 67.6 Å². The SMILES string of the molecule is CS[C@H]1O[C@H](CN)[C@@H](O[Si](C)(C)C)[C@H](O[Si](C)(C)C)[C@H]1O[Si](C)(C)C. The standard InChI is InChI=1S/C16H39NO4SSi3/c1-22-16-15(21-25(8,9)10)14(20-24(5,6)7)13(12(11-17)18-16)19-23(2,3)4/h12-16H,11,17H2,1-10H3/t12-,13-,14+,15-,16-/m1/s1. The van der Waals surface area contributed by atoms with Gasteiger partial charge >= 0.3 is 0 Å². The molecule has 2 N–H and O–H groups in total. The van der Waals surface area contributed by atoms with Crippen molar-refractivity contribution < 1.29 is 18.0 Å². The van der Waals surface area contributed by atoms with E-state index >= 15 is 0 Å². The Bertz CT molecular complexity index is 393. The molecule has 0 amide bonds. The number of hydrogen-bond donors (Lipinski definition) is 1. The second-order valence-electron chi connectivity index (χ2n) is 9.60. The molecule has 0 aromatic heterocycles. The molecule has 1 fully saturated rings. The van der Waals surface area contributed by atoms with Crippen LogP contribution in [-0.2, 0) is 18.0 Å². The number of rotatable bonds is 8. The predicted octanol–water partition coefficient (Wildman–Crippen LogP) is 3.69. The third kappa shape index (κ3) is 8.14. The van der Waals surface area contributed by atoms with E-state index in [9.17, 15) is 0 Å². The maximum absolute atomic E-state index is 6.64. The normalized spacial score (nSPS) is 32.0. The van der Waals surface area contributed by atoms with Gasteiger partial charge in [-0.25, -0.2) is 0 Å². The lowest BCUT2D eigenvalue weighted by Gasteiger charge is -2.50. The summed E-state index contributed by atoms with van der Waals surface area (Å²) < 4.78 is 26.1. The molecule has 25 heavy (non-hydrogen) atoms. The molecule has 0 aliphatic carbocycles. The molecule has 0 saturated carbocycles. The van der Waals surface area contributed by atoms with Crippen molar-refractivity contribution in [1.29, 1.82) is 0 Å². The van der Waals surface area contributed by atoms with Gasteiger partial charge < -0.3 is 23.7 Å². The van der Waals surface area contributed by atoms with Crippen molar-refractivity contribution in [2.24, 2.45) is 5.73 Å². The minimum absolute atomic E-state index is 0.0805. The van der Waals surface area contributed by atoms with Crippen molar-refractivity contribution in [3.8, 4) is 0 Å². The fraction of sp³-hybridized carbons (Fsp3) is 1.00. The van der Waals surface area contributed by atoms with Crippen molar-refractivity contribution >= 4 is 36.7 Å². The molecule has 1 heterocycles. The van der Waals surface area contributed by atoms with Crippen molar-refractivity contribution in [1.82, 2.24) is 0 Å². The summed E-state index contributed by atoms with van der Waals surface area (Å²) in [6.07, 6.45) is 1.46. The molecular formula is C16H39NO4SSi3. The van der Waals surface area contributed by atoms with Crippen LogP contribution in [0.15, 0.2) is 0 Å². The molecule has 0 unspecified atom stereocenters. The van der Waals surface area contributed by atoms with Gasteiger partial charge in [0.05, 0.1) is 12.2 Å². The first-order valence-electron chi connectivity index (χ1n) is 9.08. The van der Waals surface area contributed by atoms with Gasteiger partial charge in [-0.15, -0.1) is 11.8 Å². The molecule has 5 nitrogen and oxygen atoms in total. The Hall–Kier alpha value is 0.801. The van der Waals surface area contributed by atoms with Gasteiger partial charge in [-0.2, -0.15) is 0 Å². The smallest absolute Gasteiger partial charge is 0.184 e. The molecule has 1 aliphatic rings. The second kappa shape index (κ2) is 8.87. The number of nitrogens with two attached hydrogens (primary N) is 1. The van der Waals surface area contributed by atoms with Crippen molar-refractivity contribution in [3.63, 3.8) is 0 Å². The molecular weight excluding hydrogens is 387 g/mol. The summed E-state index contributed by atoms with van der Waals surface area (Å²) in [5.41, 5.74) is 5.97. The van der Waals surface area contributed by atoms with E-state index in [0.29, 0.717) is 6.54 Å². The quantitative estimate of drug-likeness (QED) is 0.598. The first-order valence-corrected chi connectivity index (χ1v) is 20.6. The van der Waals surface area contributed by atoms with Gasteiger partial charge in [0.15, 0.2) is 25.0 Å². The highest BCUT2D eigenvalue weighted by molar-refractivity contribution is 7.99. The fourth-order valence-corrected chi connectivity index (χ4v) is 6.98. The van der Waals surface area contributed by atoms with Gasteiger partial charge in [0.1, 0.15) is 17.6 Å². The van der Waals surface area contributed by atoms with Crippen LogP contribution < -0.4 is 5.73 Å². The van der Waals surface area contributed by atoms with Crippen molar-refractivity contribution in [3.05, 3.63) is 0 Å². The van der Waals surface area contributed by atoms with E-state index in [-0.39, 0.29) is 29.9 Å². The Balaban J connectivity index is 3.27. The summed E-state index contributed by atoms with van der Waals surface area (Å²) >= 11 is 1.67. The van der Waals surface area contributed by atoms with Crippen LogP contribution >= 0.6 is 11.8 Å². The molecule has 0 aromatic carbocycles. The zero-order valence-corrected chi connectivity index (χ0v) is 21.5. The largest absolute Gasteiger partial charge is 0.409 e. The number of thioether (sulfide) groups is 1. The molecule has 1 rings (SSSR count). The van der Waals surface area contributed by atoms with Crippen LogP contribution in [0.1, 0.15) is 0 Å². The molecule has 5 atom stereocenters. The molecule has 0 aromatic rings. The topological polar surface area (TPSA) is 62.9 Å². The molecule has 0 bridgehead atoms. The minimum atomic E-state index is -1.80. The Morgan fingerprint density at radius 3 is 1.52 bits per heavy atom. The lowest BCUT2D eigenvalue weighted by Crippen LogP contribution is -2.65. The zero-order valence-electron chi connectivity index (χ0n) is 17.7. The van der Waals surface area contributed by atoms with Gasteiger partial charge in [-0.1, -0.05) is 0 Å². The highest BCUT2D eigenvalue weighted by Crippen LogP contribution is 2.36. The van der Waals surface area contributed by atoms with E-state index in [1.165, 1.54) is 0 Å². The first-order chi connectivity index (χ1) is 11.2. The number of hydrogen-bond acceptors (Lipinski definition) is 6.